The van der Waals surface area contributed by atoms with Crippen molar-refractivity contribution in [2.75, 3.05) is 33.0 Å². The highest BCUT2D eigenvalue weighted by Crippen LogP contribution is 2.43. The lowest BCUT2D eigenvalue weighted by atomic mass is 10.0. The quantitative estimate of drug-likeness (QED) is 0.0168. The highest BCUT2D eigenvalue weighted by molar-refractivity contribution is 7.47. The molecule has 1 unspecified atom stereocenters. The predicted octanol–water partition coefficient (Wildman–Crippen LogP) is 9.50. The molecule has 0 radical (unpaired) electrons. The van der Waals surface area contributed by atoms with Crippen molar-refractivity contribution in [2.24, 2.45) is 5.92 Å². The number of aliphatic hydroxyl groups is 2. The van der Waals surface area contributed by atoms with E-state index in [4.69, 9.17) is 28.9 Å². The van der Waals surface area contributed by atoms with Gasteiger partial charge in [-0.3, -0.25) is 23.2 Å². The van der Waals surface area contributed by atoms with Crippen LogP contribution in [0.5, 0.6) is 0 Å². The minimum absolute atomic E-state index is 0.0453. The molecule has 14 nitrogen and oxygen atoms in total. The third-order valence-corrected chi connectivity index (χ3v) is 10.1. The molecule has 0 saturated carbocycles. The molecule has 0 aromatic heterocycles. The molecular formula is C42H76O14P2. The highest BCUT2D eigenvalue weighted by Gasteiger charge is 2.28. The van der Waals surface area contributed by atoms with Gasteiger partial charge in [0.05, 0.1) is 19.8 Å². The van der Waals surface area contributed by atoms with Gasteiger partial charge in [-0.25, -0.2) is 9.13 Å². The van der Waals surface area contributed by atoms with Crippen LogP contribution in [0.25, 0.3) is 0 Å². The summed E-state index contributed by atoms with van der Waals surface area (Å²) in [5.41, 5.74) is 0. The van der Waals surface area contributed by atoms with Crippen LogP contribution in [0.15, 0.2) is 48.6 Å². The first kappa shape index (κ1) is 56.0. The number of carbonyl (C=O) groups excluding carboxylic acids is 2. The van der Waals surface area contributed by atoms with Crippen LogP contribution in [0.1, 0.15) is 155 Å². The normalized spacial score (nSPS) is 14.6. The maximum absolute atomic E-state index is 12.6. The van der Waals surface area contributed by atoms with Gasteiger partial charge in [-0.1, -0.05) is 133 Å². The number of rotatable bonds is 40. The van der Waals surface area contributed by atoms with E-state index in [0.717, 1.165) is 70.1 Å². The Kier molecular flexibility index (Phi) is 36.7. The summed E-state index contributed by atoms with van der Waals surface area (Å²) in [7, 11) is -9.70. The number of esters is 2. The van der Waals surface area contributed by atoms with Crippen molar-refractivity contribution < 1.29 is 66.7 Å². The maximum Gasteiger partial charge on any atom is 0.472 e. The molecule has 5 N–H and O–H groups in total. The Morgan fingerprint density at radius 1 is 0.552 bits per heavy atom. The van der Waals surface area contributed by atoms with Crippen LogP contribution in [0.4, 0.5) is 0 Å². The molecule has 3 atom stereocenters. The second kappa shape index (κ2) is 38.0. The Bertz CT molecular complexity index is 1230. The number of unbranched alkanes of at least 4 members (excludes halogenated alkanes) is 13. The fourth-order valence-corrected chi connectivity index (χ4v) is 6.60. The molecule has 0 aliphatic heterocycles. The van der Waals surface area contributed by atoms with Crippen molar-refractivity contribution in [2.45, 2.75) is 167 Å². The van der Waals surface area contributed by atoms with Gasteiger partial charge in [0.15, 0.2) is 6.10 Å². The molecule has 0 spiro atoms. The monoisotopic (exact) mass is 866 g/mol. The number of ether oxygens (including phenoxy) is 2. The third-order valence-electron chi connectivity index (χ3n) is 8.69. The molecule has 16 heteroatoms. The van der Waals surface area contributed by atoms with Crippen molar-refractivity contribution in [3.05, 3.63) is 48.6 Å². The first-order chi connectivity index (χ1) is 27.7. The fraction of sp³-hybridized carbons (Fsp3) is 0.762. The van der Waals surface area contributed by atoms with E-state index in [1.807, 2.05) is 12.2 Å². The van der Waals surface area contributed by atoms with Crippen molar-refractivity contribution in [3.8, 4) is 0 Å². The van der Waals surface area contributed by atoms with E-state index in [1.54, 1.807) is 0 Å². The van der Waals surface area contributed by atoms with Crippen LogP contribution in [0, 0.1) is 5.92 Å². The number of hydrogen-bond donors (Lipinski definition) is 5. The SMILES string of the molecule is CC(C)CCCCCCCCCCCCC(=O)OC[C@H](COP(=O)(O)OC[C@@H](O)COP(=O)(O)O)OC(=O)CCC/C=C\C/C=C\C/C=C\C/C=C\CCCCCO. The Balaban J connectivity index is 4.62. The van der Waals surface area contributed by atoms with Gasteiger partial charge in [-0.15, -0.1) is 0 Å². The minimum atomic E-state index is -4.87. The zero-order chi connectivity index (χ0) is 43.2. The molecule has 0 aliphatic rings. The second-order valence-corrected chi connectivity index (χ2v) is 17.5. The molecule has 0 bridgehead atoms. The Labute approximate surface area is 348 Å². The average molecular weight is 867 g/mol. The molecule has 0 aromatic rings. The summed E-state index contributed by atoms with van der Waals surface area (Å²) in [5, 5.41) is 18.5. The van der Waals surface area contributed by atoms with Gasteiger partial charge < -0.3 is 34.4 Å². The molecule has 0 rings (SSSR count). The van der Waals surface area contributed by atoms with Gasteiger partial charge in [0.25, 0.3) is 0 Å². The van der Waals surface area contributed by atoms with Gasteiger partial charge in [-0.2, -0.15) is 0 Å². The molecule has 58 heavy (non-hydrogen) atoms. The molecule has 0 aromatic carbocycles. The van der Waals surface area contributed by atoms with Crippen LogP contribution in [0.3, 0.4) is 0 Å². The lowest BCUT2D eigenvalue weighted by Crippen LogP contribution is -2.29. The first-order valence-corrected chi connectivity index (χ1v) is 24.3. The summed E-state index contributed by atoms with van der Waals surface area (Å²) in [6.45, 7) is 1.98. The van der Waals surface area contributed by atoms with Crippen molar-refractivity contribution in [1.82, 2.24) is 0 Å². The van der Waals surface area contributed by atoms with Crippen LogP contribution in [-0.2, 0) is 41.8 Å². The van der Waals surface area contributed by atoms with Crippen molar-refractivity contribution in [3.63, 3.8) is 0 Å². The van der Waals surface area contributed by atoms with E-state index in [-0.39, 0.29) is 19.4 Å². The van der Waals surface area contributed by atoms with E-state index in [1.165, 1.54) is 44.9 Å². The average Bonchev–Trinajstić information content (AvgIpc) is 3.16. The predicted molar refractivity (Wildman–Crippen MR) is 227 cm³/mol. The number of aliphatic hydroxyl groups excluding tert-OH is 2. The van der Waals surface area contributed by atoms with E-state index >= 15 is 0 Å². The first-order valence-electron chi connectivity index (χ1n) is 21.3. The zero-order valence-electron chi connectivity index (χ0n) is 35.2. The number of hydrogen-bond acceptors (Lipinski definition) is 11. The summed E-state index contributed by atoms with van der Waals surface area (Å²) in [4.78, 5) is 52.6. The Morgan fingerprint density at radius 3 is 1.57 bits per heavy atom. The van der Waals surface area contributed by atoms with Crippen LogP contribution in [-0.4, -0.2) is 82.1 Å². The third kappa shape index (κ3) is 42.2. The van der Waals surface area contributed by atoms with Crippen LogP contribution in [0.2, 0.25) is 0 Å². The molecular weight excluding hydrogens is 790 g/mol. The van der Waals surface area contributed by atoms with Crippen molar-refractivity contribution in [1.29, 1.82) is 0 Å². The van der Waals surface area contributed by atoms with Gasteiger partial charge in [0, 0.05) is 19.4 Å². The van der Waals surface area contributed by atoms with Crippen LogP contribution >= 0.6 is 15.6 Å². The molecule has 0 fully saturated rings. The fourth-order valence-electron chi connectivity index (χ4n) is 5.45. The summed E-state index contributed by atoms with van der Waals surface area (Å²) in [6.07, 6.45) is 34.2. The van der Waals surface area contributed by atoms with Gasteiger partial charge >= 0.3 is 27.6 Å². The van der Waals surface area contributed by atoms with Gasteiger partial charge in [0.2, 0.25) is 0 Å². The van der Waals surface area contributed by atoms with E-state index in [0.29, 0.717) is 19.3 Å². The number of phosphoric acid groups is 2. The Hall–Kier alpha value is -1.96. The molecule has 338 valence electrons. The van der Waals surface area contributed by atoms with E-state index < -0.39 is 66.2 Å². The smallest absolute Gasteiger partial charge is 0.462 e. The summed E-state index contributed by atoms with van der Waals surface area (Å²) < 4.78 is 47.6. The second-order valence-electron chi connectivity index (χ2n) is 14.8. The largest absolute Gasteiger partial charge is 0.472 e. The van der Waals surface area contributed by atoms with Gasteiger partial charge in [0.1, 0.15) is 12.7 Å². The van der Waals surface area contributed by atoms with E-state index in [9.17, 15) is 28.7 Å². The summed E-state index contributed by atoms with van der Waals surface area (Å²) in [6, 6.07) is 0. The lowest BCUT2D eigenvalue weighted by molar-refractivity contribution is -0.161. The summed E-state index contributed by atoms with van der Waals surface area (Å²) in [5.74, 6) is -0.344. The zero-order valence-corrected chi connectivity index (χ0v) is 37.0. The standard InChI is InChI=1S/C42H76O14P2/c1-38(2)30-26-22-18-14-11-12-15-19-23-27-31-41(45)52-36-40(37-55-58(50,51)54-35-39(44)34-53-57(47,48)49)56-42(46)32-28-24-20-16-10-8-6-4-3-5-7-9-13-17-21-25-29-33-43/h3,5-6,8-9,13,16,20,38-40,43-44H,4,7,10-12,14-15,17-19,21-37H2,1-2H3,(H,50,51)(H2,47,48,49)/b5-3-,8-6-,13-9-,20-16-/t39-,40+/m0/s1. The van der Waals surface area contributed by atoms with Gasteiger partial charge in [-0.05, 0) is 63.7 Å². The van der Waals surface area contributed by atoms with Crippen LogP contribution < -0.4 is 0 Å². The minimum Gasteiger partial charge on any atom is -0.462 e. The highest BCUT2D eigenvalue weighted by atomic mass is 31.2. The lowest BCUT2D eigenvalue weighted by Gasteiger charge is -2.20. The summed E-state index contributed by atoms with van der Waals surface area (Å²) >= 11 is 0. The van der Waals surface area contributed by atoms with E-state index in [2.05, 4.69) is 59.4 Å². The molecule has 0 heterocycles. The molecule has 0 amide bonds. The van der Waals surface area contributed by atoms with Crippen molar-refractivity contribution >= 4 is 27.6 Å². The maximum atomic E-state index is 12.6. The number of allylic oxidation sites excluding steroid dienone is 8. The number of carbonyl (C=O) groups is 2. The Morgan fingerprint density at radius 2 is 1.02 bits per heavy atom. The topological polar surface area (TPSA) is 216 Å². The molecule has 0 saturated heterocycles. The number of phosphoric ester groups is 2. The molecule has 0 aliphatic carbocycles.